The van der Waals surface area contributed by atoms with Crippen LogP contribution in [-0.2, 0) is 30.5 Å². The standard InChI is InChI=1S/C13H17N.C9H7N3O2S/c1-14-13-11-6-2-4-9(11)8-10-5-3-7-12(10)13;10-4-6-1-2-8(15-12-5-13)7(3-6)9(11)14/h8,14H,2-7H2,1H3;1-3,5H,(H2,11,14)(H,12,13). The molecule has 0 bridgehead atoms. The molecule has 0 heterocycles. The van der Waals surface area contributed by atoms with Gasteiger partial charge in [-0.05, 0) is 90.9 Å². The SMILES string of the molecule is CNc1c2c(cc3c1CCC3)CCC2.N#Cc1ccc(SNC=O)c(C(N)=O)c1. The van der Waals surface area contributed by atoms with Crippen molar-refractivity contribution in [3.63, 3.8) is 0 Å². The molecule has 0 saturated heterocycles. The van der Waals surface area contributed by atoms with Gasteiger partial charge < -0.3 is 11.1 Å². The van der Waals surface area contributed by atoms with Gasteiger partial charge in [-0.15, -0.1) is 0 Å². The summed E-state index contributed by atoms with van der Waals surface area (Å²) < 4.78 is 2.34. The first-order valence-electron chi connectivity index (χ1n) is 9.63. The van der Waals surface area contributed by atoms with E-state index in [4.69, 9.17) is 11.0 Å². The first-order valence-corrected chi connectivity index (χ1v) is 10.4. The third-order valence-electron chi connectivity index (χ3n) is 5.31. The fourth-order valence-electron chi connectivity index (χ4n) is 4.09. The average molecular weight is 409 g/mol. The summed E-state index contributed by atoms with van der Waals surface area (Å²) >= 11 is 0.966. The first-order chi connectivity index (χ1) is 14.1. The largest absolute Gasteiger partial charge is 0.388 e. The molecular weight excluding hydrogens is 384 g/mol. The van der Waals surface area contributed by atoms with Gasteiger partial charge in [-0.25, -0.2) is 0 Å². The fourth-order valence-corrected chi connectivity index (χ4v) is 4.67. The van der Waals surface area contributed by atoms with Crippen molar-refractivity contribution in [1.82, 2.24) is 4.72 Å². The quantitative estimate of drug-likeness (QED) is 0.520. The number of nitrogens with one attached hydrogen (secondary N) is 2. The maximum Gasteiger partial charge on any atom is 0.249 e. The number of aryl methyl sites for hydroxylation is 2. The molecule has 4 N–H and O–H groups in total. The van der Waals surface area contributed by atoms with E-state index >= 15 is 0 Å². The summed E-state index contributed by atoms with van der Waals surface area (Å²) in [6, 6.07) is 8.86. The normalized spacial score (nSPS) is 13.4. The Morgan fingerprint density at radius 2 is 1.79 bits per heavy atom. The Morgan fingerprint density at radius 3 is 2.31 bits per heavy atom. The summed E-state index contributed by atoms with van der Waals surface area (Å²) in [7, 11) is 2.08. The van der Waals surface area contributed by atoms with Crippen molar-refractivity contribution in [1.29, 1.82) is 5.26 Å². The third-order valence-corrected chi connectivity index (χ3v) is 6.10. The number of rotatable bonds is 5. The molecule has 2 amide bonds. The minimum Gasteiger partial charge on any atom is -0.388 e. The minimum absolute atomic E-state index is 0.216. The number of benzene rings is 2. The van der Waals surface area contributed by atoms with Crippen LogP contribution in [0.15, 0.2) is 29.2 Å². The summed E-state index contributed by atoms with van der Waals surface area (Å²) in [6.07, 6.45) is 8.39. The highest BCUT2D eigenvalue weighted by atomic mass is 32.2. The second-order valence-corrected chi connectivity index (χ2v) is 7.89. The summed E-state index contributed by atoms with van der Waals surface area (Å²) in [5, 5.41) is 12.1. The number of carbonyl (C=O) groups is 2. The molecule has 150 valence electrons. The molecular formula is C22H24N4O2S. The van der Waals surface area contributed by atoms with Crippen LogP contribution >= 0.6 is 11.9 Å². The zero-order valence-corrected chi connectivity index (χ0v) is 17.2. The maximum absolute atomic E-state index is 11.0. The van der Waals surface area contributed by atoms with Gasteiger partial charge >= 0.3 is 0 Å². The number of anilines is 1. The van der Waals surface area contributed by atoms with Gasteiger partial charge in [0.05, 0.1) is 17.2 Å². The molecule has 4 rings (SSSR count). The molecule has 2 aliphatic rings. The van der Waals surface area contributed by atoms with Gasteiger partial charge in [0, 0.05) is 17.6 Å². The highest BCUT2D eigenvalue weighted by Gasteiger charge is 2.22. The molecule has 0 radical (unpaired) electrons. The van der Waals surface area contributed by atoms with Crippen LogP contribution in [0.4, 0.5) is 5.69 Å². The first kappa shape index (κ1) is 20.7. The number of nitriles is 1. The Hall–Kier alpha value is -2.98. The maximum atomic E-state index is 11.0. The molecule has 0 aromatic heterocycles. The predicted octanol–water partition coefficient (Wildman–Crippen LogP) is 3.12. The van der Waals surface area contributed by atoms with Crippen LogP contribution in [0.5, 0.6) is 0 Å². The summed E-state index contributed by atoms with van der Waals surface area (Å²) in [5.41, 5.74) is 13.7. The number of nitrogens with two attached hydrogens (primary N) is 1. The van der Waals surface area contributed by atoms with E-state index in [0.717, 1.165) is 11.9 Å². The second-order valence-electron chi connectivity index (χ2n) is 7.01. The molecule has 6 nitrogen and oxygen atoms in total. The third kappa shape index (κ3) is 4.54. The highest BCUT2D eigenvalue weighted by Crippen LogP contribution is 2.38. The number of nitrogens with zero attached hydrogens (tertiary/aromatic N) is 1. The Bertz CT molecular complexity index is 950. The van der Waals surface area contributed by atoms with Crippen LogP contribution in [-0.4, -0.2) is 19.4 Å². The number of primary amides is 1. The summed E-state index contributed by atoms with van der Waals surface area (Å²) in [6.45, 7) is 0. The van der Waals surface area contributed by atoms with E-state index < -0.39 is 5.91 Å². The van der Waals surface area contributed by atoms with Crippen LogP contribution < -0.4 is 15.8 Å². The lowest BCUT2D eigenvalue weighted by atomic mass is 9.99. The average Bonchev–Trinajstić information content (AvgIpc) is 3.39. The predicted molar refractivity (Wildman–Crippen MR) is 115 cm³/mol. The number of carbonyl (C=O) groups excluding carboxylic acids is 2. The van der Waals surface area contributed by atoms with Crippen LogP contribution in [0.25, 0.3) is 0 Å². The van der Waals surface area contributed by atoms with Crippen LogP contribution in [0.3, 0.4) is 0 Å². The molecule has 29 heavy (non-hydrogen) atoms. The van der Waals surface area contributed by atoms with Crippen molar-refractivity contribution in [2.24, 2.45) is 5.73 Å². The molecule has 0 saturated carbocycles. The van der Waals surface area contributed by atoms with Crippen LogP contribution in [0, 0.1) is 11.3 Å². The monoisotopic (exact) mass is 408 g/mol. The minimum atomic E-state index is -0.637. The zero-order chi connectivity index (χ0) is 20.8. The van der Waals surface area contributed by atoms with Gasteiger partial charge in [0.2, 0.25) is 12.3 Å². The van der Waals surface area contributed by atoms with Gasteiger partial charge in [0.15, 0.2) is 0 Å². The van der Waals surface area contributed by atoms with Gasteiger partial charge in [-0.1, -0.05) is 6.07 Å². The Labute approximate surface area is 175 Å². The molecule has 0 unspecified atom stereocenters. The van der Waals surface area contributed by atoms with Crippen molar-refractivity contribution >= 4 is 30.0 Å². The van der Waals surface area contributed by atoms with E-state index in [1.807, 2.05) is 6.07 Å². The van der Waals surface area contributed by atoms with Gasteiger partial charge in [0.25, 0.3) is 0 Å². The van der Waals surface area contributed by atoms with E-state index in [0.29, 0.717) is 16.9 Å². The van der Waals surface area contributed by atoms with Gasteiger partial charge in [0.1, 0.15) is 0 Å². The molecule has 0 atom stereocenters. The van der Waals surface area contributed by atoms with Crippen molar-refractivity contribution in [2.45, 2.75) is 43.4 Å². The molecule has 7 heteroatoms. The summed E-state index contributed by atoms with van der Waals surface area (Å²) in [5.74, 6) is -0.637. The van der Waals surface area contributed by atoms with Crippen molar-refractivity contribution in [3.05, 3.63) is 57.6 Å². The molecule has 2 aromatic rings. The van der Waals surface area contributed by atoms with E-state index in [2.05, 4.69) is 23.2 Å². The van der Waals surface area contributed by atoms with Crippen LogP contribution in [0.2, 0.25) is 0 Å². The molecule has 0 fully saturated rings. The number of amides is 2. The number of fused-ring (bicyclic) bond motifs is 2. The highest BCUT2D eigenvalue weighted by molar-refractivity contribution is 7.98. The fraction of sp³-hybridized carbons (Fsp3) is 0.318. The van der Waals surface area contributed by atoms with Crippen LogP contribution in [0.1, 0.15) is 51.0 Å². The van der Waals surface area contributed by atoms with Crippen molar-refractivity contribution in [3.8, 4) is 6.07 Å². The molecule has 0 spiro atoms. The molecule has 2 aliphatic carbocycles. The van der Waals surface area contributed by atoms with Crippen molar-refractivity contribution < 1.29 is 9.59 Å². The molecule has 2 aromatic carbocycles. The number of hydrogen-bond donors (Lipinski definition) is 3. The van der Waals surface area contributed by atoms with Crippen molar-refractivity contribution in [2.75, 3.05) is 12.4 Å². The van der Waals surface area contributed by atoms with E-state index in [1.165, 1.54) is 50.3 Å². The summed E-state index contributed by atoms with van der Waals surface area (Å²) in [4.78, 5) is 21.6. The topological polar surface area (TPSA) is 108 Å². The lowest BCUT2D eigenvalue weighted by Crippen LogP contribution is -2.13. The van der Waals surface area contributed by atoms with E-state index in [9.17, 15) is 9.59 Å². The Kier molecular flexibility index (Phi) is 6.78. The van der Waals surface area contributed by atoms with E-state index in [1.54, 1.807) is 34.4 Å². The lowest BCUT2D eigenvalue weighted by molar-refractivity contribution is -0.107. The second kappa shape index (κ2) is 9.48. The van der Waals surface area contributed by atoms with Gasteiger partial charge in [-0.2, -0.15) is 5.26 Å². The Balaban J connectivity index is 0.000000166. The lowest BCUT2D eigenvalue weighted by Gasteiger charge is -2.14. The smallest absolute Gasteiger partial charge is 0.249 e. The van der Waals surface area contributed by atoms with E-state index in [-0.39, 0.29) is 5.56 Å². The molecule has 0 aliphatic heterocycles. The zero-order valence-electron chi connectivity index (χ0n) is 16.4. The number of hydrogen-bond acceptors (Lipinski definition) is 5. The van der Waals surface area contributed by atoms with Gasteiger partial charge in [-0.3, -0.25) is 14.3 Å². The Morgan fingerprint density at radius 1 is 1.14 bits per heavy atom.